The summed E-state index contributed by atoms with van der Waals surface area (Å²) in [6.45, 7) is 2.91. The highest BCUT2D eigenvalue weighted by atomic mass is 16.1. The Kier molecular flexibility index (Phi) is 4.35. The Morgan fingerprint density at radius 3 is 2.58 bits per heavy atom. The summed E-state index contributed by atoms with van der Waals surface area (Å²) >= 11 is 0. The van der Waals surface area contributed by atoms with E-state index in [0.29, 0.717) is 11.4 Å². The fraction of sp³-hybridized carbons (Fsp3) is 0.190. The molecule has 1 N–H and O–H groups in total. The molecule has 2 aromatic carbocycles. The van der Waals surface area contributed by atoms with Gasteiger partial charge >= 0.3 is 0 Å². The highest BCUT2D eigenvalue weighted by Crippen LogP contribution is 2.31. The Balaban J connectivity index is 1.51. The number of carbonyl (C=O) groups excluding carboxylic acids is 1. The van der Waals surface area contributed by atoms with E-state index in [1.807, 2.05) is 31.2 Å². The first kappa shape index (κ1) is 16.3. The minimum atomic E-state index is -0.185. The number of hydrogen-bond acceptors (Lipinski definition) is 4. The van der Waals surface area contributed by atoms with Crippen molar-refractivity contribution in [3.8, 4) is 0 Å². The van der Waals surface area contributed by atoms with Crippen LogP contribution < -0.4 is 10.2 Å². The lowest BCUT2D eigenvalue weighted by Crippen LogP contribution is -2.25. The van der Waals surface area contributed by atoms with E-state index in [4.69, 9.17) is 0 Å². The molecule has 1 aliphatic heterocycles. The van der Waals surface area contributed by atoms with E-state index in [2.05, 4.69) is 38.6 Å². The molecule has 0 bridgehead atoms. The standard InChI is InChI=1S/C21H20N4O/c1-15-8-10-17(11-9-15)21(26)22-19-12-13-20(24-23-19)25-14-4-6-16-5-2-3-7-18(16)25/h2-3,5,7-13H,4,6,14H2,1H3,(H,22,23,26). The number of amides is 1. The smallest absolute Gasteiger partial charge is 0.256 e. The van der Waals surface area contributed by atoms with Crippen LogP contribution in [0.25, 0.3) is 0 Å². The molecule has 1 aromatic heterocycles. The van der Waals surface area contributed by atoms with Crippen LogP contribution in [0.4, 0.5) is 17.3 Å². The van der Waals surface area contributed by atoms with Crippen molar-refractivity contribution in [1.82, 2.24) is 10.2 Å². The van der Waals surface area contributed by atoms with E-state index >= 15 is 0 Å². The molecule has 0 saturated heterocycles. The van der Waals surface area contributed by atoms with Crippen LogP contribution in [0.3, 0.4) is 0 Å². The predicted octanol–water partition coefficient (Wildman–Crippen LogP) is 4.12. The summed E-state index contributed by atoms with van der Waals surface area (Å²) in [5.74, 6) is 1.06. The summed E-state index contributed by atoms with van der Waals surface area (Å²) < 4.78 is 0. The molecule has 0 unspecified atom stereocenters. The highest BCUT2D eigenvalue weighted by Gasteiger charge is 2.19. The SMILES string of the molecule is Cc1ccc(C(=O)Nc2ccc(N3CCCc4ccccc43)nn2)cc1. The molecule has 0 saturated carbocycles. The average molecular weight is 344 g/mol. The third kappa shape index (κ3) is 3.28. The molecule has 0 radical (unpaired) electrons. The zero-order valence-corrected chi connectivity index (χ0v) is 14.6. The molecule has 1 aliphatic rings. The summed E-state index contributed by atoms with van der Waals surface area (Å²) in [5.41, 5.74) is 4.24. The molecule has 4 rings (SSSR count). The number of nitrogens with one attached hydrogen (secondary N) is 1. The lowest BCUT2D eigenvalue weighted by atomic mass is 10.0. The van der Waals surface area contributed by atoms with Crippen LogP contribution in [0.1, 0.15) is 27.9 Å². The zero-order chi connectivity index (χ0) is 17.9. The minimum absolute atomic E-state index is 0.185. The van der Waals surface area contributed by atoms with Crippen molar-refractivity contribution < 1.29 is 4.79 Å². The fourth-order valence-corrected chi connectivity index (χ4v) is 3.20. The number of rotatable bonds is 3. The number of para-hydroxylation sites is 1. The van der Waals surface area contributed by atoms with Crippen molar-refractivity contribution in [2.45, 2.75) is 19.8 Å². The third-order valence-corrected chi connectivity index (χ3v) is 4.59. The maximum atomic E-state index is 12.3. The van der Waals surface area contributed by atoms with Crippen molar-refractivity contribution >= 4 is 23.2 Å². The van der Waals surface area contributed by atoms with Crippen molar-refractivity contribution in [2.75, 3.05) is 16.8 Å². The van der Waals surface area contributed by atoms with Crippen LogP contribution in [0.2, 0.25) is 0 Å². The molecule has 1 amide bonds. The molecule has 5 nitrogen and oxygen atoms in total. The monoisotopic (exact) mass is 344 g/mol. The Bertz CT molecular complexity index is 920. The van der Waals surface area contributed by atoms with Crippen LogP contribution in [0.5, 0.6) is 0 Å². The van der Waals surface area contributed by atoms with Gasteiger partial charge in [-0.15, -0.1) is 10.2 Å². The first-order valence-corrected chi connectivity index (χ1v) is 8.78. The molecule has 0 spiro atoms. The van der Waals surface area contributed by atoms with Gasteiger partial charge in [-0.1, -0.05) is 35.9 Å². The summed E-state index contributed by atoms with van der Waals surface area (Å²) in [4.78, 5) is 14.5. The van der Waals surface area contributed by atoms with Gasteiger partial charge in [0.05, 0.1) is 0 Å². The van der Waals surface area contributed by atoms with Crippen molar-refractivity contribution in [3.63, 3.8) is 0 Å². The number of carbonyl (C=O) groups is 1. The maximum absolute atomic E-state index is 12.3. The van der Waals surface area contributed by atoms with Crippen LogP contribution in [0, 0.1) is 6.92 Å². The van der Waals surface area contributed by atoms with E-state index in [0.717, 1.165) is 30.8 Å². The molecule has 5 heteroatoms. The molecular formula is C21H20N4O. The quantitative estimate of drug-likeness (QED) is 0.776. The van der Waals surface area contributed by atoms with E-state index in [1.54, 1.807) is 18.2 Å². The molecule has 0 atom stereocenters. The molecule has 26 heavy (non-hydrogen) atoms. The first-order valence-electron chi connectivity index (χ1n) is 8.78. The summed E-state index contributed by atoms with van der Waals surface area (Å²) in [5, 5.41) is 11.3. The third-order valence-electron chi connectivity index (χ3n) is 4.59. The van der Waals surface area contributed by atoms with Crippen LogP contribution >= 0.6 is 0 Å². The number of hydrogen-bond donors (Lipinski definition) is 1. The highest BCUT2D eigenvalue weighted by molar-refractivity contribution is 6.03. The Labute approximate surface area is 152 Å². The van der Waals surface area contributed by atoms with Gasteiger partial charge in [-0.25, -0.2) is 0 Å². The van der Waals surface area contributed by atoms with Gasteiger partial charge in [0.25, 0.3) is 5.91 Å². The van der Waals surface area contributed by atoms with E-state index in [1.165, 1.54) is 11.3 Å². The zero-order valence-electron chi connectivity index (χ0n) is 14.6. The van der Waals surface area contributed by atoms with Gasteiger partial charge in [0.2, 0.25) is 0 Å². The molecule has 3 aromatic rings. The normalized spacial score (nSPS) is 13.2. The summed E-state index contributed by atoms with van der Waals surface area (Å²) in [6, 6.07) is 19.5. The van der Waals surface area contributed by atoms with Gasteiger partial charge in [0.15, 0.2) is 11.6 Å². The van der Waals surface area contributed by atoms with Gasteiger partial charge in [0.1, 0.15) is 0 Å². The van der Waals surface area contributed by atoms with Crippen LogP contribution in [-0.4, -0.2) is 22.6 Å². The Morgan fingerprint density at radius 2 is 1.81 bits per heavy atom. The van der Waals surface area contributed by atoms with Gasteiger partial charge in [-0.3, -0.25) is 4.79 Å². The van der Waals surface area contributed by atoms with Crippen LogP contribution in [-0.2, 0) is 6.42 Å². The minimum Gasteiger partial charge on any atom is -0.325 e. The topological polar surface area (TPSA) is 58.1 Å². The number of anilines is 3. The number of nitrogens with zero attached hydrogens (tertiary/aromatic N) is 3. The van der Waals surface area contributed by atoms with E-state index in [-0.39, 0.29) is 5.91 Å². The van der Waals surface area contributed by atoms with E-state index < -0.39 is 0 Å². The van der Waals surface area contributed by atoms with Crippen LogP contribution in [0.15, 0.2) is 60.7 Å². The predicted molar refractivity (Wildman–Crippen MR) is 103 cm³/mol. The second-order valence-electron chi connectivity index (χ2n) is 6.48. The Hall–Kier alpha value is -3.21. The second-order valence-corrected chi connectivity index (χ2v) is 6.48. The van der Waals surface area contributed by atoms with Gasteiger partial charge in [-0.05, 0) is 55.7 Å². The van der Waals surface area contributed by atoms with Gasteiger partial charge in [0, 0.05) is 17.8 Å². The molecule has 2 heterocycles. The molecule has 130 valence electrons. The summed E-state index contributed by atoms with van der Waals surface area (Å²) in [7, 11) is 0. The number of aryl methyl sites for hydroxylation is 2. The van der Waals surface area contributed by atoms with Crippen molar-refractivity contribution in [1.29, 1.82) is 0 Å². The van der Waals surface area contributed by atoms with Crippen molar-refractivity contribution in [2.24, 2.45) is 0 Å². The second kappa shape index (κ2) is 6.96. The first-order chi connectivity index (χ1) is 12.7. The lowest BCUT2D eigenvalue weighted by molar-refractivity contribution is 0.102. The average Bonchev–Trinajstić information content (AvgIpc) is 2.69. The number of benzene rings is 2. The fourth-order valence-electron chi connectivity index (χ4n) is 3.20. The largest absolute Gasteiger partial charge is 0.325 e. The van der Waals surface area contributed by atoms with E-state index in [9.17, 15) is 4.79 Å². The maximum Gasteiger partial charge on any atom is 0.256 e. The Morgan fingerprint density at radius 1 is 1.00 bits per heavy atom. The molecule has 0 fully saturated rings. The molecule has 0 aliphatic carbocycles. The lowest BCUT2D eigenvalue weighted by Gasteiger charge is -2.29. The number of aromatic nitrogens is 2. The van der Waals surface area contributed by atoms with Gasteiger partial charge in [-0.2, -0.15) is 0 Å². The number of fused-ring (bicyclic) bond motifs is 1. The van der Waals surface area contributed by atoms with Gasteiger partial charge < -0.3 is 10.2 Å². The van der Waals surface area contributed by atoms with Crippen molar-refractivity contribution in [3.05, 3.63) is 77.4 Å². The summed E-state index contributed by atoms with van der Waals surface area (Å²) in [6.07, 6.45) is 2.18. The molecular weight excluding hydrogens is 324 g/mol.